The van der Waals surface area contributed by atoms with Gasteiger partial charge in [0.1, 0.15) is 5.82 Å². The molecule has 0 bridgehead atoms. The maximum atomic E-state index is 13.1. The highest BCUT2D eigenvalue weighted by molar-refractivity contribution is 7.89. The van der Waals surface area contributed by atoms with E-state index in [1.54, 1.807) is 25.2 Å². The van der Waals surface area contributed by atoms with Crippen LogP contribution in [0.25, 0.3) is 0 Å². The van der Waals surface area contributed by atoms with Crippen LogP contribution in [0.15, 0.2) is 47.4 Å². The van der Waals surface area contributed by atoms with Crippen molar-refractivity contribution < 1.29 is 17.6 Å². The standard InChI is InChI=1S/C22H29FN4O3S/c1-14(15-3-7-17(23)8-4-15)26-22(28)16-5-9-18(10-6-16)27-31(29,30)19-11-12-21(25-2)20(24)13-19/h3-4,7-8,11-14,16,18,25,27H,5-6,9-10,24H2,1-2H3,(H,26,28). The summed E-state index contributed by atoms with van der Waals surface area (Å²) in [6.07, 6.45) is 2.34. The van der Waals surface area contributed by atoms with Gasteiger partial charge in [0, 0.05) is 19.0 Å². The number of carbonyl (C=O) groups is 1. The summed E-state index contributed by atoms with van der Waals surface area (Å²) in [6, 6.07) is 10.2. The molecule has 1 aliphatic rings. The first-order chi connectivity index (χ1) is 14.7. The molecule has 0 aliphatic heterocycles. The molecule has 1 atom stereocenters. The predicted octanol–water partition coefficient (Wildman–Crippen LogP) is 3.16. The lowest BCUT2D eigenvalue weighted by Crippen LogP contribution is -2.41. The highest BCUT2D eigenvalue weighted by Crippen LogP contribution is 2.28. The molecule has 0 spiro atoms. The zero-order chi connectivity index (χ0) is 22.6. The van der Waals surface area contributed by atoms with Gasteiger partial charge in [-0.2, -0.15) is 0 Å². The third kappa shape index (κ3) is 5.74. The second-order valence-corrected chi connectivity index (χ2v) is 9.66. The van der Waals surface area contributed by atoms with E-state index in [4.69, 9.17) is 5.73 Å². The van der Waals surface area contributed by atoms with Crippen LogP contribution < -0.4 is 21.1 Å². The van der Waals surface area contributed by atoms with Gasteiger partial charge in [0.25, 0.3) is 0 Å². The Hall–Kier alpha value is -2.65. The highest BCUT2D eigenvalue weighted by atomic mass is 32.2. The van der Waals surface area contributed by atoms with E-state index in [1.807, 2.05) is 6.92 Å². The normalized spacial score (nSPS) is 20.1. The Balaban J connectivity index is 1.53. The molecule has 2 aromatic rings. The van der Waals surface area contributed by atoms with Gasteiger partial charge in [0.2, 0.25) is 15.9 Å². The van der Waals surface area contributed by atoms with Crippen LogP contribution in [0.2, 0.25) is 0 Å². The van der Waals surface area contributed by atoms with Crippen molar-refractivity contribution in [3.05, 3.63) is 53.8 Å². The van der Waals surface area contributed by atoms with Gasteiger partial charge in [-0.05, 0) is 68.5 Å². The van der Waals surface area contributed by atoms with Crippen molar-refractivity contribution in [1.29, 1.82) is 0 Å². The van der Waals surface area contributed by atoms with Gasteiger partial charge in [-0.3, -0.25) is 4.79 Å². The minimum Gasteiger partial charge on any atom is -0.397 e. The fourth-order valence-electron chi connectivity index (χ4n) is 3.86. The summed E-state index contributed by atoms with van der Waals surface area (Å²) in [6.45, 7) is 1.86. The second-order valence-electron chi connectivity index (χ2n) is 7.95. The van der Waals surface area contributed by atoms with Crippen LogP contribution in [0.4, 0.5) is 15.8 Å². The Morgan fingerprint density at radius 2 is 1.74 bits per heavy atom. The summed E-state index contributed by atoms with van der Waals surface area (Å²) >= 11 is 0. The maximum Gasteiger partial charge on any atom is 0.240 e. The van der Waals surface area contributed by atoms with Crippen LogP contribution in [0, 0.1) is 11.7 Å². The summed E-state index contributed by atoms with van der Waals surface area (Å²) in [5, 5.41) is 5.87. The molecule has 0 aromatic heterocycles. The van der Waals surface area contributed by atoms with E-state index in [-0.39, 0.29) is 34.6 Å². The summed E-state index contributed by atoms with van der Waals surface area (Å²) in [4.78, 5) is 12.7. The molecule has 1 fully saturated rings. The molecule has 1 saturated carbocycles. The van der Waals surface area contributed by atoms with Crippen LogP contribution in [-0.2, 0) is 14.8 Å². The Morgan fingerprint density at radius 1 is 1.10 bits per heavy atom. The van der Waals surface area contributed by atoms with Crippen LogP contribution in [-0.4, -0.2) is 27.4 Å². The molecule has 7 nitrogen and oxygen atoms in total. The lowest BCUT2D eigenvalue weighted by Gasteiger charge is -2.29. The smallest absolute Gasteiger partial charge is 0.240 e. The molecule has 0 saturated heterocycles. The molecular formula is C22H29FN4O3S. The van der Waals surface area contributed by atoms with E-state index >= 15 is 0 Å². The Kier molecular flexibility index (Phi) is 7.17. The predicted molar refractivity (Wildman–Crippen MR) is 119 cm³/mol. The van der Waals surface area contributed by atoms with Gasteiger partial charge >= 0.3 is 0 Å². The molecule has 0 radical (unpaired) electrons. The number of nitrogens with two attached hydrogens (primary N) is 1. The third-order valence-corrected chi connectivity index (χ3v) is 7.27. The fraction of sp³-hybridized carbons (Fsp3) is 0.409. The first kappa shape index (κ1) is 23.0. The molecule has 168 valence electrons. The molecule has 0 heterocycles. The SMILES string of the molecule is CNc1ccc(S(=O)(=O)NC2CCC(C(=O)NC(C)c3ccc(F)cc3)CC2)cc1N. The van der Waals surface area contributed by atoms with Crippen LogP contribution in [0.3, 0.4) is 0 Å². The minimum absolute atomic E-state index is 0.0615. The third-order valence-electron chi connectivity index (χ3n) is 5.75. The molecule has 1 amide bonds. The van der Waals surface area contributed by atoms with Crippen molar-refractivity contribution in [2.24, 2.45) is 5.92 Å². The number of carbonyl (C=O) groups excluding carboxylic acids is 1. The molecule has 3 rings (SSSR count). The molecule has 2 aromatic carbocycles. The van der Waals surface area contributed by atoms with Crippen LogP contribution in [0.1, 0.15) is 44.2 Å². The van der Waals surface area contributed by atoms with Crippen molar-refractivity contribution in [3.8, 4) is 0 Å². The fourth-order valence-corrected chi connectivity index (χ4v) is 5.20. The monoisotopic (exact) mass is 448 g/mol. The number of hydrogen-bond donors (Lipinski definition) is 4. The van der Waals surface area contributed by atoms with E-state index < -0.39 is 10.0 Å². The average Bonchev–Trinajstić information content (AvgIpc) is 2.74. The lowest BCUT2D eigenvalue weighted by atomic mass is 9.85. The zero-order valence-corrected chi connectivity index (χ0v) is 18.5. The number of rotatable bonds is 7. The van der Waals surface area contributed by atoms with E-state index in [0.29, 0.717) is 37.1 Å². The van der Waals surface area contributed by atoms with E-state index in [9.17, 15) is 17.6 Å². The zero-order valence-electron chi connectivity index (χ0n) is 17.7. The summed E-state index contributed by atoms with van der Waals surface area (Å²) in [5.74, 6) is -0.550. The Bertz CT molecular complexity index is 1020. The Morgan fingerprint density at radius 3 is 2.32 bits per heavy atom. The van der Waals surface area contributed by atoms with Gasteiger partial charge in [0.15, 0.2) is 0 Å². The number of halogens is 1. The highest BCUT2D eigenvalue weighted by Gasteiger charge is 2.30. The number of sulfonamides is 1. The van der Waals surface area contributed by atoms with Gasteiger partial charge < -0.3 is 16.4 Å². The van der Waals surface area contributed by atoms with Gasteiger partial charge in [-0.1, -0.05) is 12.1 Å². The van der Waals surface area contributed by atoms with Crippen molar-refractivity contribution in [1.82, 2.24) is 10.0 Å². The van der Waals surface area contributed by atoms with Crippen molar-refractivity contribution in [2.75, 3.05) is 18.1 Å². The molecule has 1 unspecified atom stereocenters. The summed E-state index contributed by atoms with van der Waals surface area (Å²) in [7, 11) is -1.98. The van der Waals surface area contributed by atoms with Gasteiger partial charge in [-0.15, -0.1) is 0 Å². The first-order valence-electron chi connectivity index (χ1n) is 10.3. The van der Waals surface area contributed by atoms with Crippen molar-refractivity contribution in [3.63, 3.8) is 0 Å². The van der Waals surface area contributed by atoms with Gasteiger partial charge in [-0.25, -0.2) is 17.5 Å². The Labute approximate surface area is 182 Å². The van der Waals surface area contributed by atoms with E-state index in [2.05, 4.69) is 15.4 Å². The number of nitrogens with one attached hydrogen (secondary N) is 3. The number of hydrogen-bond acceptors (Lipinski definition) is 5. The number of anilines is 2. The molecule has 5 N–H and O–H groups in total. The van der Waals surface area contributed by atoms with E-state index in [1.165, 1.54) is 24.3 Å². The van der Waals surface area contributed by atoms with Crippen LogP contribution in [0.5, 0.6) is 0 Å². The average molecular weight is 449 g/mol. The molecule has 9 heteroatoms. The first-order valence-corrected chi connectivity index (χ1v) is 11.8. The maximum absolute atomic E-state index is 13.1. The van der Waals surface area contributed by atoms with Crippen molar-refractivity contribution >= 4 is 27.3 Å². The topological polar surface area (TPSA) is 113 Å². The summed E-state index contributed by atoms with van der Waals surface area (Å²) in [5.41, 5.74) is 7.75. The largest absolute Gasteiger partial charge is 0.397 e. The second kappa shape index (κ2) is 9.65. The summed E-state index contributed by atoms with van der Waals surface area (Å²) < 4.78 is 41.2. The minimum atomic E-state index is -3.69. The number of benzene rings is 2. The molecule has 31 heavy (non-hydrogen) atoms. The molecule has 1 aliphatic carbocycles. The number of amides is 1. The van der Waals surface area contributed by atoms with Crippen molar-refractivity contribution in [2.45, 2.75) is 49.6 Å². The quantitative estimate of drug-likeness (QED) is 0.486. The van der Waals surface area contributed by atoms with Gasteiger partial charge in [0.05, 0.1) is 22.3 Å². The lowest BCUT2D eigenvalue weighted by molar-refractivity contribution is -0.126. The molecular weight excluding hydrogens is 419 g/mol. The van der Waals surface area contributed by atoms with Crippen LogP contribution >= 0.6 is 0 Å². The number of nitrogen functional groups attached to an aromatic ring is 1. The van der Waals surface area contributed by atoms with E-state index in [0.717, 1.165) is 5.56 Å².